The molecule has 2 aromatic rings. The first-order chi connectivity index (χ1) is 7.29. The zero-order valence-corrected chi connectivity index (χ0v) is 10.6. The van der Waals surface area contributed by atoms with Gasteiger partial charge in [0.05, 0.1) is 9.35 Å². The molecule has 15 heavy (non-hydrogen) atoms. The van der Waals surface area contributed by atoms with Crippen LogP contribution in [0.15, 0.2) is 19.6 Å². The van der Waals surface area contributed by atoms with E-state index >= 15 is 0 Å². The van der Waals surface area contributed by atoms with E-state index in [1.54, 1.807) is 11.3 Å². The minimum Gasteiger partial charge on any atom is -0.421 e. The van der Waals surface area contributed by atoms with Gasteiger partial charge in [-0.1, -0.05) is 0 Å². The van der Waals surface area contributed by atoms with Crippen molar-refractivity contribution in [2.75, 3.05) is 13.6 Å². The lowest BCUT2D eigenvalue weighted by molar-refractivity contribution is 0.500. The number of rotatable bonds is 4. The second kappa shape index (κ2) is 4.87. The Balaban J connectivity index is 2.13. The van der Waals surface area contributed by atoms with Crippen molar-refractivity contribution in [1.82, 2.24) is 15.5 Å². The van der Waals surface area contributed by atoms with Crippen LogP contribution in [0.4, 0.5) is 0 Å². The van der Waals surface area contributed by atoms with E-state index in [-0.39, 0.29) is 0 Å². The van der Waals surface area contributed by atoms with Crippen molar-refractivity contribution < 1.29 is 4.42 Å². The minimum absolute atomic E-state index is 0.586. The predicted molar refractivity (Wildman–Crippen MR) is 62.9 cm³/mol. The summed E-state index contributed by atoms with van der Waals surface area (Å²) in [6.45, 7) is 0.842. The highest BCUT2D eigenvalue weighted by atomic mass is 79.9. The van der Waals surface area contributed by atoms with Crippen molar-refractivity contribution in [3.63, 3.8) is 0 Å². The van der Waals surface area contributed by atoms with E-state index in [2.05, 4.69) is 31.4 Å². The van der Waals surface area contributed by atoms with Gasteiger partial charge in [0.1, 0.15) is 0 Å². The summed E-state index contributed by atoms with van der Waals surface area (Å²) in [5, 5.41) is 13.0. The number of likely N-dealkylation sites (N-methyl/N-ethyl adjacent to an activating group) is 1. The van der Waals surface area contributed by atoms with Crippen molar-refractivity contribution in [2.45, 2.75) is 6.42 Å². The summed E-state index contributed by atoms with van der Waals surface area (Å²) < 4.78 is 6.57. The van der Waals surface area contributed by atoms with Crippen LogP contribution in [-0.2, 0) is 6.42 Å². The van der Waals surface area contributed by atoms with Crippen LogP contribution < -0.4 is 5.32 Å². The molecule has 2 aromatic heterocycles. The lowest BCUT2D eigenvalue weighted by Crippen LogP contribution is -2.10. The van der Waals surface area contributed by atoms with Gasteiger partial charge in [0, 0.05) is 18.3 Å². The average Bonchev–Trinajstić information content (AvgIpc) is 2.83. The van der Waals surface area contributed by atoms with E-state index in [0.717, 1.165) is 22.3 Å². The summed E-state index contributed by atoms with van der Waals surface area (Å²) in [5.41, 5.74) is 0.968. The van der Waals surface area contributed by atoms with Gasteiger partial charge < -0.3 is 9.73 Å². The Hall–Kier alpha value is -0.720. The molecule has 0 amide bonds. The fraction of sp³-hybridized carbons (Fsp3) is 0.333. The van der Waals surface area contributed by atoms with Crippen LogP contribution in [0.1, 0.15) is 5.89 Å². The van der Waals surface area contributed by atoms with Crippen LogP contribution in [0.3, 0.4) is 0 Å². The third kappa shape index (κ3) is 2.64. The van der Waals surface area contributed by atoms with Gasteiger partial charge in [-0.25, -0.2) is 0 Å². The second-order valence-corrected chi connectivity index (χ2v) is 5.28. The Bertz CT molecular complexity index is 440. The fourth-order valence-electron chi connectivity index (χ4n) is 1.13. The molecule has 0 radical (unpaired) electrons. The van der Waals surface area contributed by atoms with Gasteiger partial charge in [0.25, 0.3) is 0 Å². The molecule has 2 rings (SSSR count). The zero-order chi connectivity index (χ0) is 10.7. The average molecular weight is 288 g/mol. The van der Waals surface area contributed by atoms with E-state index in [4.69, 9.17) is 4.42 Å². The molecule has 0 aromatic carbocycles. The highest BCUT2D eigenvalue weighted by molar-refractivity contribution is 9.11. The number of aromatic nitrogens is 2. The summed E-state index contributed by atoms with van der Waals surface area (Å²) in [5.74, 6) is 1.25. The molecular weight excluding hydrogens is 278 g/mol. The Morgan fingerprint density at radius 3 is 3.07 bits per heavy atom. The number of hydrogen-bond donors (Lipinski definition) is 1. The molecule has 0 saturated heterocycles. The van der Waals surface area contributed by atoms with Crippen molar-refractivity contribution in [3.05, 3.63) is 21.1 Å². The predicted octanol–water partition coefficient (Wildman–Crippen LogP) is 2.32. The maximum atomic E-state index is 5.51. The molecule has 80 valence electrons. The van der Waals surface area contributed by atoms with Gasteiger partial charge in [-0.05, 0) is 29.0 Å². The molecule has 2 heterocycles. The SMILES string of the molecule is CNCCc1nnc(-c2csc(Br)c2)o1. The first-order valence-electron chi connectivity index (χ1n) is 4.51. The van der Waals surface area contributed by atoms with Gasteiger partial charge in [-0.15, -0.1) is 21.5 Å². The van der Waals surface area contributed by atoms with Crippen LogP contribution >= 0.6 is 27.3 Å². The smallest absolute Gasteiger partial charge is 0.248 e. The van der Waals surface area contributed by atoms with Crippen LogP contribution in [-0.4, -0.2) is 23.8 Å². The summed E-state index contributed by atoms with van der Waals surface area (Å²) >= 11 is 5.00. The van der Waals surface area contributed by atoms with Gasteiger partial charge in [0.15, 0.2) is 0 Å². The summed E-state index contributed by atoms with van der Waals surface area (Å²) in [6.07, 6.45) is 0.759. The number of hydrogen-bond acceptors (Lipinski definition) is 5. The summed E-state index contributed by atoms with van der Waals surface area (Å²) in [6, 6.07) is 1.97. The molecule has 6 heteroatoms. The van der Waals surface area contributed by atoms with Crippen molar-refractivity contribution >= 4 is 27.3 Å². The lowest BCUT2D eigenvalue weighted by atomic mass is 10.3. The molecular formula is C9H10BrN3OS. The van der Waals surface area contributed by atoms with E-state index in [0.29, 0.717) is 11.8 Å². The number of nitrogens with one attached hydrogen (secondary N) is 1. The maximum absolute atomic E-state index is 5.51. The molecule has 0 aliphatic rings. The third-order valence-electron chi connectivity index (χ3n) is 1.87. The quantitative estimate of drug-likeness (QED) is 0.938. The summed E-state index contributed by atoms with van der Waals surface area (Å²) in [4.78, 5) is 0. The molecule has 0 bridgehead atoms. The highest BCUT2D eigenvalue weighted by Crippen LogP contribution is 2.27. The van der Waals surface area contributed by atoms with E-state index in [1.807, 2.05) is 18.5 Å². The van der Waals surface area contributed by atoms with Gasteiger partial charge >= 0.3 is 0 Å². The largest absolute Gasteiger partial charge is 0.421 e. The van der Waals surface area contributed by atoms with Crippen molar-refractivity contribution in [2.24, 2.45) is 0 Å². The second-order valence-electron chi connectivity index (χ2n) is 2.99. The Kier molecular flexibility index (Phi) is 3.50. The lowest BCUT2D eigenvalue weighted by Gasteiger charge is -1.91. The number of nitrogens with zero attached hydrogens (tertiary/aromatic N) is 2. The fourth-order valence-corrected chi connectivity index (χ4v) is 2.26. The van der Waals surface area contributed by atoms with Gasteiger partial charge in [-0.3, -0.25) is 0 Å². The van der Waals surface area contributed by atoms with E-state index in [1.165, 1.54) is 0 Å². The van der Waals surface area contributed by atoms with Crippen molar-refractivity contribution in [3.8, 4) is 11.5 Å². The third-order valence-corrected chi connectivity index (χ3v) is 3.37. The topological polar surface area (TPSA) is 51.0 Å². The highest BCUT2D eigenvalue weighted by Gasteiger charge is 2.09. The molecule has 1 N–H and O–H groups in total. The normalized spacial score (nSPS) is 10.8. The molecule has 4 nitrogen and oxygen atoms in total. The van der Waals surface area contributed by atoms with Gasteiger partial charge in [-0.2, -0.15) is 0 Å². The monoisotopic (exact) mass is 287 g/mol. The molecule has 0 unspecified atom stereocenters. The Morgan fingerprint density at radius 2 is 2.40 bits per heavy atom. The van der Waals surface area contributed by atoms with Crippen molar-refractivity contribution in [1.29, 1.82) is 0 Å². The molecule has 0 aliphatic carbocycles. The molecule has 0 saturated carbocycles. The molecule has 0 spiro atoms. The first kappa shape index (κ1) is 10.8. The van der Waals surface area contributed by atoms with Crippen LogP contribution in [0.5, 0.6) is 0 Å². The maximum Gasteiger partial charge on any atom is 0.248 e. The molecule has 0 fully saturated rings. The number of halogens is 1. The first-order valence-corrected chi connectivity index (χ1v) is 6.18. The van der Waals surface area contributed by atoms with E-state index in [9.17, 15) is 0 Å². The molecule has 0 atom stereocenters. The zero-order valence-electron chi connectivity index (χ0n) is 8.16. The number of thiophene rings is 1. The Labute approximate surface area is 99.8 Å². The van der Waals surface area contributed by atoms with E-state index < -0.39 is 0 Å². The van der Waals surface area contributed by atoms with Crippen LogP contribution in [0.2, 0.25) is 0 Å². The summed E-state index contributed by atoms with van der Waals surface area (Å²) in [7, 11) is 1.90. The Morgan fingerprint density at radius 1 is 1.53 bits per heavy atom. The van der Waals surface area contributed by atoms with Gasteiger partial charge in [0.2, 0.25) is 11.8 Å². The standard InChI is InChI=1S/C9H10BrN3OS/c1-11-3-2-8-12-13-9(14-8)6-4-7(10)15-5-6/h4-5,11H,2-3H2,1H3. The minimum atomic E-state index is 0.586. The molecule has 0 aliphatic heterocycles. The van der Waals surface area contributed by atoms with Crippen LogP contribution in [0.25, 0.3) is 11.5 Å². The van der Waals surface area contributed by atoms with Crippen LogP contribution in [0, 0.1) is 0 Å².